The summed E-state index contributed by atoms with van der Waals surface area (Å²) in [5.41, 5.74) is 1.74. The minimum atomic E-state index is -0.310. The number of likely N-dealkylation sites (N-methyl/N-ethyl adjacent to an activating group) is 1. The molecular formula is C12H11FN4OS. The molecule has 1 aliphatic rings. The zero-order chi connectivity index (χ0) is 13.4. The minimum absolute atomic E-state index is 0.199. The first kappa shape index (κ1) is 12.0. The number of anilines is 2. The fourth-order valence-electron chi connectivity index (χ4n) is 2.13. The number of hydrogen-bond donors (Lipinski definition) is 0. The Labute approximate surface area is 113 Å². The standard InChI is InChI=1S/C12H11FN4OS/c1-16-4-5-17(12(18)9-7-14-19-15-9)10-3-2-8(13)6-11(10)16/h2-3,6-7H,4-5H2,1H3. The fraction of sp³-hybridized carbons (Fsp3) is 0.250. The first-order chi connectivity index (χ1) is 9.16. The van der Waals surface area contributed by atoms with Crippen molar-refractivity contribution in [2.75, 3.05) is 29.9 Å². The molecule has 1 aromatic carbocycles. The van der Waals surface area contributed by atoms with Crippen molar-refractivity contribution < 1.29 is 9.18 Å². The molecule has 0 radical (unpaired) electrons. The van der Waals surface area contributed by atoms with Gasteiger partial charge in [-0.05, 0) is 18.2 Å². The van der Waals surface area contributed by atoms with Gasteiger partial charge in [-0.1, -0.05) is 0 Å². The van der Waals surface area contributed by atoms with E-state index in [2.05, 4.69) is 8.75 Å². The zero-order valence-corrected chi connectivity index (χ0v) is 11.0. The average molecular weight is 278 g/mol. The molecule has 19 heavy (non-hydrogen) atoms. The summed E-state index contributed by atoms with van der Waals surface area (Å²) in [5, 5.41) is 0. The number of halogens is 1. The van der Waals surface area contributed by atoms with Crippen LogP contribution in [0.5, 0.6) is 0 Å². The summed E-state index contributed by atoms with van der Waals surface area (Å²) in [4.78, 5) is 15.9. The van der Waals surface area contributed by atoms with E-state index in [4.69, 9.17) is 0 Å². The van der Waals surface area contributed by atoms with Gasteiger partial charge >= 0.3 is 0 Å². The smallest absolute Gasteiger partial charge is 0.279 e. The largest absolute Gasteiger partial charge is 0.371 e. The van der Waals surface area contributed by atoms with Gasteiger partial charge < -0.3 is 9.80 Å². The maximum Gasteiger partial charge on any atom is 0.279 e. The van der Waals surface area contributed by atoms with Crippen LogP contribution in [0.3, 0.4) is 0 Å². The van der Waals surface area contributed by atoms with Crippen LogP contribution in [0.15, 0.2) is 24.4 Å². The summed E-state index contributed by atoms with van der Waals surface area (Å²) < 4.78 is 21.1. The molecule has 3 rings (SSSR count). The molecule has 0 aliphatic carbocycles. The van der Waals surface area contributed by atoms with Gasteiger partial charge in [0.25, 0.3) is 5.91 Å². The molecule has 2 heterocycles. The van der Waals surface area contributed by atoms with E-state index in [9.17, 15) is 9.18 Å². The predicted octanol–water partition coefficient (Wildman–Crippen LogP) is 1.77. The molecule has 0 N–H and O–H groups in total. The van der Waals surface area contributed by atoms with Crippen molar-refractivity contribution in [2.24, 2.45) is 0 Å². The third-order valence-corrected chi connectivity index (χ3v) is 3.60. The molecule has 2 aromatic rings. The number of fused-ring (bicyclic) bond motifs is 1. The summed E-state index contributed by atoms with van der Waals surface area (Å²) in [5.74, 6) is -0.509. The molecule has 1 aromatic heterocycles. The Morgan fingerprint density at radius 1 is 1.37 bits per heavy atom. The lowest BCUT2D eigenvalue weighted by Gasteiger charge is -2.35. The Balaban J connectivity index is 2.02. The van der Waals surface area contributed by atoms with Crippen LogP contribution in [0.25, 0.3) is 0 Å². The zero-order valence-electron chi connectivity index (χ0n) is 10.2. The predicted molar refractivity (Wildman–Crippen MR) is 71.3 cm³/mol. The lowest BCUT2D eigenvalue weighted by Crippen LogP contribution is -2.42. The van der Waals surface area contributed by atoms with Gasteiger partial charge in [-0.15, -0.1) is 0 Å². The number of amides is 1. The lowest BCUT2D eigenvalue weighted by molar-refractivity contribution is 0.0983. The molecule has 0 saturated heterocycles. The van der Waals surface area contributed by atoms with Crippen molar-refractivity contribution in [3.63, 3.8) is 0 Å². The molecule has 5 nitrogen and oxygen atoms in total. The van der Waals surface area contributed by atoms with E-state index in [1.54, 1.807) is 11.0 Å². The number of carbonyl (C=O) groups excluding carboxylic acids is 1. The Morgan fingerprint density at radius 3 is 2.95 bits per heavy atom. The number of carbonyl (C=O) groups is 1. The van der Waals surface area contributed by atoms with Crippen molar-refractivity contribution in [2.45, 2.75) is 0 Å². The maximum absolute atomic E-state index is 13.3. The van der Waals surface area contributed by atoms with Gasteiger partial charge in [-0.25, -0.2) is 4.39 Å². The third-order valence-electron chi connectivity index (χ3n) is 3.12. The van der Waals surface area contributed by atoms with Crippen LogP contribution in [0.1, 0.15) is 10.5 Å². The number of rotatable bonds is 1. The molecule has 7 heteroatoms. The maximum atomic E-state index is 13.3. The highest BCUT2D eigenvalue weighted by atomic mass is 32.1. The van der Waals surface area contributed by atoms with Gasteiger partial charge in [0.05, 0.1) is 29.3 Å². The second-order valence-corrected chi connectivity index (χ2v) is 4.86. The van der Waals surface area contributed by atoms with Crippen LogP contribution >= 0.6 is 11.7 Å². The molecule has 0 spiro atoms. The van der Waals surface area contributed by atoms with E-state index in [0.717, 1.165) is 11.7 Å². The second kappa shape index (κ2) is 4.58. The number of aromatic nitrogens is 2. The van der Waals surface area contributed by atoms with Crippen LogP contribution in [-0.2, 0) is 0 Å². The van der Waals surface area contributed by atoms with Gasteiger partial charge in [0, 0.05) is 20.1 Å². The molecule has 0 fully saturated rings. The summed E-state index contributed by atoms with van der Waals surface area (Å²) in [7, 11) is 1.88. The van der Waals surface area contributed by atoms with E-state index in [-0.39, 0.29) is 11.7 Å². The molecule has 0 saturated carbocycles. The van der Waals surface area contributed by atoms with Crippen LogP contribution in [0.4, 0.5) is 15.8 Å². The normalized spacial score (nSPS) is 14.4. The second-order valence-electron chi connectivity index (χ2n) is 4.30. The molecule has 1 amide bonds. The highest BCUT2D eigenvalue weighted by Crippen LogP contribution is 2.33. The van der Waals surface area contributed by atoms with Gasteiger partial charge in [0.15, 0.2) is 5.69 Å². The van der Waals surface area contributed by atoms with Gasteiger partial charge in [0.1, 0.15) is 5.82 Å². The summed E-state index contributed by atoms with van der Waals surface area (Å²) in [6, 6.07) is 4.42. The van der Waals surface area contributed by atoms with E-state index < -0.39 is 0 Å². The minimum Gasteiger partial charge on any atom is -0.371 e. The average Bonchev–Trinajstić information content (AvgIpc) is 2.93. The van der Waals surface area contributed by atoms with Crippen molar-refractivity contribution in [1.29, 1.82) is 0 Å². The molecule has 0 bridgehead atoms. The lowest BCUT2D eigenvalue weighted by atomic mass is 10.1. The van der Waals surface area contributed by atoms with E-state index >= 15 is 0 Å². The highest BCUT2D eigenvalue weighted by molar-refractivity contribution is 6.99. The highest BCUT2D eigenvalue weighted by Gasteiger charge is 2.27. The SMILES string of the molecule is CN1CCN(C(=O)c2cnsn2)c2ccc(F)cc21. The third kappa shape index (κ3) is 2.06. The summed E-state index contributed by atoms with van der Waals surface area (Å²) in [6.07, 6.45) is 1.45. The Morgan fingerprint density at radius 2 is 2.21 bits per heavy atom. The van der Waals surface area contributed by atoms with Crippen LogP contribution in [-0.4, -0.2) is 34.8 Å². The van der Waals surface area contributed by atoms with Crippen molar-refractivity contribution in [3.05, 3.63) is 35.9 Å². The first-order valence-electron chi connectivity index (χ1n) is 5.77. The summed E-state index contributed by atoms with van der Waals surface area (Å²) >= 11 is 0.998. The summed E-state index contributed by atoms with van der Waals surface area (Å²) in [6.45, 7) is 1.20. The molecule has 98 valence electrons. The molecule has 0 unspecified atom stereocenters. The number of benzene rings is 1. The van der Waals surface area contributed by atoms with E-state index in [1.165, 1.54) is 18.3 Å². The monoisotopic (exact) mass is 278 g/mol. The van der Waals surface area contributed by atoms with E-state index in [0.29, 0.717) is 30.2 Å². The Kier molecular flexibility index (Phi) is 2.90. The van der Waals surface area contributed by atoms with Gasteiger partial charge in [0.2, 0.25) is 0 Å². The Bertz CT molecular complexity index is 616. The van der Waals surface area contributed by atoms with E-state index in [1.807, 2.05) is 11.9 Å². The fourth-order valence-corrected chi connectivity index (χ4v) is 2.54. The Hall–Kier alpha value is -2.02. The van der Waals surface area contributed by atoms with Gasteiger partial charge in [-0.3, -0.25) is 4.79 Å². The van der Waals surface area contributed by atoms with Crippen molar-refractivity contribution >= 4 is 29.0 Å². The van der Waals surface area contributed by atoms with Crippen LogP contribution < -0.4 is 9.80 Å². The van der Waals surface area contributed by atoms with Crippen molar-refractivity contribution in [1.82, 2.24) is 8.75 Å². The molecule has 1 aliphatic heterocycles. The molecule has 0 atom stereocenters. The van der Waals surface area contributed by atoms with Crippen LogP contribution in [0, 0.1) is 5.82 Å². The number of hydrogen-bond acceptors (Lipinski definition) is 5. The quantitative estimate of drug-likeness (QED) is 0.797. The molecular weight excluding hydrogens is 267 g/mol. The topological polar surface area (TPSA) is 49.3 Å². The first-order valence-corrected chi connectivity index (χ1v) is 6.50. The van der Waals surface area contributed by atoms with Gasteiger partial charge in [-0.2, -0.15) is 8.75 Å². The van der Waals surface area contributed by atoms with Crippen LogP contribution in [0.2, 0.25) is 0 Å². The van der Waals surface area contributed by atoms with Crippen molar-refractivity contribution in [3.8, 4) is 0 Å². The number of nitrogens with zero attached hydrogens (tertiary/aromatic N) is 4.